The van der Waals surface area contributed by atoms with Crippen LogP contribution in [0, 0.1) is 0 Å². The summed E-state index contributed by atoms with van der Waals surface area (Å²) in [6.45, 7) is 0.315. The van der Waals surface area contributed by atoms with Crippen molar-refractivity contribution in [3.8, 4) is 5.75 Å². The number of hydrogen-bond donors (Lipinski definition) is 2. The number of ether oxygens (including phenoxy) is 1. The molecule has 0 atom stereocenters. The minimum Gasteiger partial charge on any atom is -0.495 e. The van der Waals surface area contributed by atoms with Crippen LogP contribution in [0.3, 0.4) is 0 Å². The maximum Gasteiger partial charge on any atom is 0.274 e. The summed E-state index contributed by atoms with van der Waals surface area (Å²) < 4.78 is 5.08. The number of carbonyl (C=O) groups excluding carboxylic acids is 2. The Kier molecular flexibility index (Phi) is 6.18. The highest BCUT2D eigenvalue weighted by molar-refractivity contribution is 6.32. The van der Waals surface area contributed by atoms with E-state index in [0.29, 0.717) is 23.0 Å². The Hall–Kier alpha value is -3.45. The van der Waals surface area contributed by atoms with Crippen LogP contribution < -0.4 is 15.4 Å². The van der Waals surface area contributed by atoms with Gasteiger partial charge in [0.05, 0.1) is 12.1 Å². The Bertz CT molecular complexity index is 996. The molecule has 0 unspecified atom stereocenters. The van der Waals surface area contributed by atoms with Crippen LogP contribution >= 0.6 is 11.6 Å². The van der Waals surface area contributed by atoms with Crippen LogP contribution in [0.1, 0.15) is 26.5 Å². The minimum atomic E-state index is -0.455. The average Bonchev–Trinajstić information content (AvgIpc) is 2.73. The Morgan fingerprint density at radius 1 is 1.07 bits per heavy atom. The normalized spacial score (nSPS) is 10.2. The molecule has 0 saturated heterocycles. The van der Waals surface area contributed by atoms with E-state index in [1.165, 1.54) is 13.2 Å². The van der Waals surface area contributed by atoms with Crippen LogP contribution in [-0.4, -0.2) is 28.9 Å². The third-order valence-electron chi connectivity index (χ3n) is 3.80. The summed E-state index contributed by atoms with van der Waals surface area (Å²) in [7, 11) is 1.51. The molecular formula is C20H17ClN4O3. The topological polar surface area (TPSA) is 93.2 Å². The van der Waals surface area contributed by atoms with E-state index in [-0.39, 0.29) is 17.3 Å². The van der Waals surface area contributed by atoms with Crippen molar-refractivity contribution in [2.45, 2.75) is 6.54 Å². The first kappa shape index (κ1) is 19.3. The molecular weight excluding hydrogens is 380 g/mol. The molecule has 2 heterocycles. The largest absolute Gasteiger partial charge is 0.495 e. The molecule has 142 valence electrons. The molecule has 2 aromatic heterocycles. The number of benzene rings is 1. The van der Waals surface area contributed by atoms with Crippen molar-refractivity contribution in [1.82, 2.24) is 15.3 Å². The van der Waals surface area contributed by atoms with E-state index >= 15 is 0 Å². The van der Waals surface area contributed by atoms with E-state index in [9.17, 15) is 9.59 Å². The standard InChI is InChI=1S/C20H17ClN4O3/c1-28-18-8-7-14(10-15(18)21)24-20(27)17-6-2-5-16(25-17)19(26)23-12-13-4-3-9-22-11-13/h2-11H,12H2,1H3,(H,23,26)(H,24,27). The van der Waals surface area contributed by atoms with Gasteiger partial charge in [0, 0.05) is 24.6 Å². The second-order valence-electron chi connectivity index (χ2n) is 5.76. The highest BCUT2D eigenvalue weighted by Gasteiger charge is 2.13. The molecule has 0 bridgehead atoms. The third-order valence-corrected chi connectivity index (χ3v) is 4.10. The van der Waals surface area contributed by atoms with E-state index in [4.69, 9.17) is 16.3 Å². The summed E-state index contributed by atoms with van der Waals surface area (Å²) in [4.78, 5) is 32.9. The number of pyridine rings is 2. The summed E-state index contributed by atoms with van der Waals surface area (Å²) in [6.07, 6.45) is 3.32. The van der Waals surface area contributed by atoms with Gasteiger partial charge in [0.2, 0.25) is 0 Å². The lowest BCUT2D eigenvalue weighted by atomic mass is 10.2. The highest BCUT2D eigenvalue weighted by atomic mass is 35.5. The van der Waals surface area contributed by atoms with Crippen molar-refractivity contribution in [2.24, 2.45) is 0 Å². The molecule has 28 heavy (non-hydrogen) atoms. The molecule has 1 aromatic carbocycles. The van der Waals surface area contributed by atoms with Crippen LogP contribution in [0.2, 0.25) is 5.02 Å². The first-order valence-corrected chi connectivity index (χ1v) is 8.73. The number of aromatic nitrogens is 2. The van der Waals surface area contributed by atoms with Gasteiger partial charge in [-0.05, 0) is 42.0 Å². The zero-order valence-corrected chi connectivity index (χ0v) is 15.7. The number of hydrogen-bond acceptors (Lipinski definition) is 5. The number of anilines is 1. The fourth-order valence-electron chi connectivity index (χ4n) is 2.40. The number of carbonyl (C=O) groups is 2. The second-order valence-corrected chi connectivity index (χ2v) is 6.16. The first-order chi connectivity index (χ1) is 13.6. The molecule has 3 aromatic rings. The Labute approximate surface area is 166 Å². The molecule has 3 rings (SSSR count). The fraction of sp³-hybridized carbons (Fsp3) is 0.100. The van der Waals surface area contributed by atoms with Crippen molar-refractivity contribution >= 4 is 29.1 Å². The first-order valence-electron chi connectivity index (χ1n) is 8.36. The molecule has 7 nitrogen and oxygen atoms in total. The lowest BCUT2D eigenvalue weighted by Gasteiger charge is -2.09. The maximum atomic E-state index is 12.4. The Balaban J connectivity index is 1.67. The third kappa shape index (κ3) is 4.83. The van der Waals surface area contributed by atoms with Crippen molar-refractivity contribution in [2.75, 3.05) is 12.4 Å². The maximum absolute atomic E-state index is 12.4. The van der Waals surface area contributed by atoms with Crippen LogP contribution in [-0.2, 0) is 6.54 Å². The molecule has 0 saturated carbocycles. The monoisotopic (exact) mass is 396 g/mol. The van der Waals surface area contributed by atoms with Crippen LogP contribution in [0.4, 0.5) is 5.69 Å². The SMILES string of the molecule is COc1ccc(NC(=O)c2cccc(C(=O)NCc3cccnc3)n2)cc1Cl. The fourth-order valence-corrected chi connectivity index (χ4v) is 2.66. The predicted molar refractivity (Wildman–Crippen MR) is 106 cm³/mol. The number of nitrogens with zero attached hydrogens (tertiary/aromatic N) is 2. The summed E-state index contributed by atoms with van der Waals surface area (Å²) in [5.41, 5.74) is 1.61. The molecule has 0 spiro atoms. The van der Waals surface area contributed by atoms with Crippen LogP contribution in [0.5, 0.6) is 5.75 Å². The molecule has 0 aliphatic rings. The van der Waals surface area contributed by atoms with Gasteiger partial charge in [-0.3, -0.25) is 14.6 Å². The van der Waals surface area contributed by atoms with Gasteiger partial charge in [0.25, 0.3) is 11.8 Å². The van der Waals surface area contributed by atoms with Gasteiger partial charge >= 0.3 is 0 Å². The van der Waals surface area contributed by atoms with Crippen LogP contribution in [0.25, 0.3) is 0 Å². The molecule has 0 aliphatic carbocycles. The van der Waals surface area contributed by atoms with Crippen molar-refractivity contribution < 1.29 is 14.3 Å². The van der Waals surface area contributed by atoms with E-state index in [1.54, 1.807) is 48.8 Å². The van der Waals surface area contributed by atoms with E-state index in [0.717, 1.165) is 5.56 Å². The smallest absolute Gasteiger partial charge is 0.274 e. The van der Waals surface area contributed by atoms with Gasteiger partial charge in [0.15, 0.2) is 0 Å². The van der Waals surface area contributed by atoms with Crippen molar-refractivity contribution in [3.63, 3.8) is 0 Å². The molecule has 0 radical (unpaired) electrons. The van der Waals surface area contributed by atoms with Gasteiger partial charge < -0.3 is 15.4 Å². The summed E-state index contributed by atoms with van der Waals surface area (Å²) >= 11 is 6.06. The molecule has 0 aliphatic heterocycles. The number of nitrogens with one attached hydrogen (secondary N) is 2. The number of halogens is 1. The predicted octanol–water partition coefficient (Wildman–Crippen LogP) is 3.32. The Morgan fingerprint density at radius 3 is 2.54 bits per heavy atom. The second kappa shape index (κ2) is 8.96. The average molecular weight is 397 g/mol. The zero-order chi connectivity index (χ0) is 19.9. The Morgan fingerprint density at radius 2 is 1.86 bits per heavy atom. The lowest BCUT2D eigenvalue weighted by Crippen LogP contribution is -2.25. The summed E-state index contributed by atoms with van der Waals surface area (Å²) in [5.74, 6) is -0.334. The highest BCUT2D eigenvalue weighted by Crippen LogP contribution is 2.27. The number of amides is 2. The minimum absolute atomic E-state index is 0.112. The van der Waals surface area contributed by atoms with Gasteiger partial charge in [0.1, 0.15) is 17.1 Å². The van der Waals surface area contributed by atoms with Crippen molar-refractivity contribution in [1.29, 1.82) is 0 Å². The number of methoxy groups -OCH3 is 1. The molecule has 8 heteroatoms. The van der Waals surface area contributed by atoms with E-state index < -0.39 is 5.91 Å². The van der Waals surface area contributed by atoms with E-state index in [1.807, 2.05) is 6.07 Å². The molecule has 2 amide bonds. The molecule has 2 N–H and O–H groups in total. The van der Waals surface area contributed by atoms with Gasteiger partial charge in [-0.2, -0.15) is 0 Å². The van der Waals surface area contributed by atoms with Crippen molar-refractivity contribution in [3.05, 3.63) is 82.9 Å². The van der Waals surface area contributed by atoms with Crippen LogP contribution in [0.15, 0.2) is 60.9 Å². The zero-order valence-electron chi connectivity index (χ0n) is 15.0. The quantitative estimate of drug-likeness (QED) is 0.666. The summed E-state index contributed by atoms with van der Waals surface area (Å²) in [5, 5.41) is 5.81. The van der Waals surface area contributed by atoms with Gasteiger partial charge in [-0.15, -0.1) is 0 Å². The molecule has 0 fully saturated rings. The van der Waals surface area contributed by atoms with Gasteiger partial charge in [-0.25, -0.2) is 4.98 Å². The van der Waals surface area contributed by atoms with Gasteiger partial charge in [-0.1, -0.05) is 23.7 Å². The lowest BCUT2D eigenvalue weighted by molar-refractivity contribution is 0.0945. The van der Waals surface area contributed by atoms with E-state index in [2.05, 4.69) is 20.6 Å². The summed E-state index contributed by atoms with van der Waals surface area (Å²) in [6, 6.07) is 13.2. The number of rotatable bonds is 6.